The van der Waals surface area contributed by atoms with Gasteiger partial charge in [-0.25, -0.2) is 0 Å². The van der Waals surface area contributed by atoms with Gasteiger partial charge in [0, 0.05) is 36.9 Å². The van der Waals surface area contributed by atoms with E-state index in [0.717, 1.165) is 5.69 Å². The fourth-order valence-electron chi connectivity index (χ4n) is 2.85. The maximum atomic E-state index is 12.3. The molecule has 7 heteroatoms. The maximum absolute atomic E-state index is 12.3. The van der Waals surface area contributed by atoms with Crippen LogP contribution in [-0.4, -0.2) is 60.9 Å². The van der Waals surface area contributed by atoms with Crippen LogP contribution in [0.1, 0.15) is 0 Å². The van der Waals surface area contributed by atoms with Gasteiger partial charge in [-0.2, -0.15) is 0 Å². The summed E-state index contributed by atoms with van der Waals surface area (Å²) in [6, 6.07) is 16.3. The molecule has 1 aliphatic heterocycles. The van der Waals surface area contributed by atoms with Crippen LogP contribution in [0.2, 0.25) is 5.02 Å². The number of anilines is 1. The number of carbonyl (C=O) groups excluding carboxylic acids is 2. The van der Waals surface area contributed by atoms with Gasteiger partial charge in [0.25, 0.3) is 5.91 Å². The standard InChI is InChI=1S/C20H22ClN3O3/c21-16-6-8-18(9-7-16)27-15-20(26)24-12-10-23(11-13-24)14-19(25)22-17-4-2-1-3-5-17/h1-9H,10-15H2,(H,22,25). The van der Waals surface area contributed by atoms with Crippen molar-refractivity contribution < 1.29 is 14.3 Å². The summed E-state index contributed by atoms with van der Waals surface area (Å²) in [5.41, 5.74) is 0.788. The summed E-state index contributed by atoms with van der Waals surface area (Å²) in [6.45, 7) is 2.81. The summed E-state index contributed by atoms with van der Waals surface area (Å²) in [5.74, 6) is 0.509. The number of amides is 2. The molecule has 6 nitrogen and oxygen atoms in total. The highest BCUT2D eigenvalue weighted by Gasteiger charge is 2.22. The number of hydrogen-bond acceptors (Lipinski definition) is 4. The molecule has 1 N–H and O–H groups in total. The van der Waals surface area contributed by atoms with E-state index in [-0.39, 0.29) is 18.4 Å². The third kappa shape index (κ3) is 5.98. The molecule has 1 saturated heterocycles. The smallest absolute Gasteiger partial charge is 0.260 e. The number of para-hydroxylation sites is 1. The molecule has 0 aromatic heterocycles. The van der Waals surface area contributed by atoms with Gasteiger partial charge in [0.15, 0.2) is 6.61 Å². The summed E-state index contributed by atoms with van der Waals surface area (Å²) in [5, 5.41) is 3.50. The van der Waals surface area contributed by atoms with Crippen LogP contribution in [-0.2, 0) is 9.59 Å². The van der Waals surface area contributed by atoms with E-state index in [0.29, 0.717) is 43.5 Å². The van der Waals surface area contributed by atoms with Crippen LogP contribution in [0.25, 0.3) is 0 Å². The first-order valence-electron chi connectivity index (χ1n) is 8.83. The van der Waals surface area contributed by atoms with Crippen LogP contribution < -0.4 is 10.1 Å². The van der Waals surface area contributed by atoms with Crippen molar-refractivity contribution in [2.24, 2.45) is 0 Å². The molecular weight excluding hydrogens is 366 g/mol. The first kappa shape index (κ1) is 19.2. The van der Waals surface area contributed by atoms with Gasteiger partial charge in [0.2, 0.25) is 5.91 Å². The van der Waals surface area contributed by atoms with Crippen molar-refractivity contribution in [2.45, 2.75) is 0 Å². The summed E-state index contributed by atoms with van der Waals surface area (Å²) in [6.07, 6.45) is 0. The number of nitrogens with zero attached hydrogens (tertiary/aromatic N) is 2. The zero-order chi connectivity index (χ0) is 19.1. The van der Waals surface area contributed by atoms with E-state index >= 15 is 0 Å². The van der Waals surface area contributed by atoms with Crippen LogP contribution in [0, 0.1) is 0 Å². The SMILES string of the molecule is O=C(CN1CCN(C(=O)COc2ccc(Cl)cc2)CC1)Nc1ccccc1. The Morgan fingerprint density at radius 1 is 0.963 bits per heavy atom. The van der Waals surface area contributed by atoms with Crippen molar-refractivity contribution in [3.63, 3.8) is 0 Å². The van der Waals surface area contributed by atoms with E-state index < -0.39 is 0 Å². The van der Waals surface area contributed by atoms with Gasteiger partial charge in [-0.15, -0.1) is 0 Å². The molecule has 0 spiro atoms. The van der Waals surface area contributed by atoms with E-state index in [4.69, 9.17) is 16.3 Å². The molecule has 1 aliphatic rings. The molecule has 0 radical (unpaired) electrons. The number of nitrogens with one attached hydrogen (secondary N) is 1. The van der Waals surface area contributed by atoms with Crippen LogP contribution in [0.5, 0.6) is 5.75 Å². The molecule has 3 rings (SSSR count). The largest absolute Gasteiger partial charge is 0.484 e. The fraction of sp³-hybridized carbons (Fsp3) is 0.300. The Balaban J connectivity index is 1.38. The second-order valence-corrected chi connectivity index (χ2v) is 6.75. The average Bonchev–Trinajstić information content (AvgIpc) is 2.68. The monoisotopic (exact) mass is 387 g/mol. The molecule has 1 fully saturated rings. The molecule has 2 aromatic carbocycles. The molecule has 0 unspecified atom stereocenters. The Morgan fingerprint density at radius 3 is 2.30 bits per heavy atom. The van der Waals surface area contributed by atoms with Crippen molar-refractivity contribution in [2.75, 3.05) is 44.6 Å². The summed E-state index contributed by atoms with van der Waals surface area (Å²) >= 11 is 5.83. The molecular formula is C20H22ClN3O3. The van der Waals surface area contributed by atoms with E-state index in [1.54, 1.807) is 29.2 Å². The normalized spacial score (nSPS) is 14.6. The zero-order valence-corrected chi connectivity index (χ0v) is 15.7. The molecule has 0 saturated carbocycles. The van der Waals surface area contributed by atoms with Gasteiger partial charge < -0.3 is 15.0 Å². The number of hydrogen-bond donors (Lipinski definition) is 1. The van der Waals surface area contributed by atoms with E-state index in [2.05, 4.69) is 5.32 Å². The second-order valence-electron chi connectivity index (χ2n) is 6.31. The highest BCUT2D eigenvalue weighted by atomic mass is 35.5. The van der Waals surface area contributed by atoms with Crippen LogP contribution in [0.15, 0.2) is 54.6 Å². The first-order valence-corrected chi connectivity index (χ1v) is 9.21. The number of ether oxygens (including phenoxy) is 1. The molecule has 142 valence electrons. The molecule has 0 aliphatic carbocycles. The van der Waals surface area contributed by atoms with Crippen LogP contribution in [0.4, 0.5) is 5.69 Å². The topological polar surface area (TPSA) is 61.9 Å². The van der Waals surface area contributed by atoms with Crippen molar-refractivity contribution in [3.8, 4) is 5.75 Å². The summed E-state index contributed by atoms with van der Waals surface area (Å²) in [4.78, 5) is 28.2. The Morgan fingerprint density at radius 2 is 1.63 bits per heavy atom. The van der Waals surface area contributed by atoms with Crippen molar-refractivity contribution in [3.05, 3.63) is 59.6 Å². The molecule has 2 aromatic rings. The van der Waals surface area contributed by atoms with E-state index in [9.17, 15) is 9.59 Å². The first-order chi connectivity index (χ1) is 13.1. The Kier molecular flexibility index (Phi) is 6.68. The summed E-state index contributed by atoms with van der Waals surface area (Å²) in [7, 11) is 0. The molecule has 1 heterocycles. The van der Waals surface area contributed by atoms with Crippen LogP contribution in [0.3, 0.4) is 0 Å². The summed E-state index contributed by atoms with van der Waals surface area (Å²) < 4.78 is 5.51. The highest BCUT2D eigenvalue weighted by molar-refractivity contribution is 6.30. The van der Waals surface area contributed by atoms with Crippen LogP contribution >= 0.6 is 11.6 Å². The predicted molar refractivity (Wildman–Crippen MR) is 105 cm³/mol. The van der Waals surface area contributed by atoms with E-state index in [1.807, 2.05) is 35.2 Å². The fourth-order valence-corrected chi connectivity index (χ4v) is 2.97. The van der Waals surface area contributed by atoms with Gasteiger partial charge in [-0.3, -0.25) is 14.5 Å². The number of halogens is 1. The van der Waals surface area contributed by atoms with Gasteiger partial charge in [-0.1, -0.05) is 29.8 Å². The predicted octanol–water partition coefficient (Wildman–Crippen LogP) is 2.50. The number of rotatable bonds is 6. The minimum atomic E-state index is -0.0571. The number of piperazine rings is 1. The molecule has 0 atom stereocenters. The Bertz CT molecular complexity index is 760. The Labute approximate surface area is 163 Å². The van der Waals surface area contributed by atoms with Crippen molar-refractivity contribution >= 4 is 29.1 Å². The molecule has 0 bridgehead atoms. The zero-order valence-electron chi connectivity index (χ0n) is 14.9. The second kappa shape index (κ2) is 9.39. The van der Waals surface area contributed by atoms with Gasteiger partial charge in [0.05, 0.1) is 6.54 Å². The third-order valence-electron chi connectivity index (χ3n) is 4.33. The third-order valence-corrected chi connectivity index (χ3v) is 4.58. The lowest BCUT2D eigenvalue weighted by molar-refractivity contribution is -0.135. The minimum Gasteiger partial charge on any atom is -0.484 e. The van der Waals surface area contributed by atoms with Gasteiger partial charge in [-0.05, 0) is 36.4 Å². The quantitative estimate of drug-likeness (QED) is 0.827. The highest BCUT2D eigenvalue weighted by Crippen LogP contribution is 2.15. The van der Waals surface area contributed by atoms with Gasteiger partial charge >= 0.3 is 0 Å². The number of carbonyl (C=O) groups is 2. The lowest BCUT2D eigenvalue weighted by Gasteiger charge is -2.34. The average molecular weight is 388 g/mol. The lowest BCUT2D eigenvalue weighted by Crippen LogP contribution is -2.51. The van der Waals surface area contributed by atoms with Gasteiger partial charge in [0.1, 0.15) is 5.75 Å². The molecule has 27 heavy (non-hydrogen) atoms. The van der Waals surface area contributed by atoms with Crippen molar-refractivity contribution in [1.82, 2.24) is 9.80 Å². The van der Waals surface area contributed by atoms with Crippen molar-refractivity contribution in [1.29, 1.82) is 0 Å². The maximum Gasteiger partial charge on any atom is 0.260 e. The minimum absolute atomic E-state index is 0.00384. The Hall–Kier alpha value is -2.57. The number of benzene rings is 2. The molecule has 2 amide bonds. The van der Waals surface area contributed by atoms with E-state index in [1.165, 1.54) is 0 Å². The lowest BCUT2D eigenvalue weighted by atomic mass is 10.3.